The number of amides is 1. The summed E-state index contributed by atoms with van der Waals surface area (Å²) in [7, 11) is 0. The van der Waals surface area contributed by atoms with Crippen molar-refractivity contribution in [2.75, 3.05) is 32.7 Å². The highest BCUT2D eigenvalue weighted by Gasteiger charge is 2.18. The first-order chi connectivity index (χ1) is 10.3. The third-order valence-electron chi connectivity index (χ3n) is 3.81. The first-order valence-electron chi connectivity index (χ1n) is 7.31. The van der Waals surface area contributed by atoms with Crippen molar-refractivity contribution in [2.24, 2.45) is 0 Å². The van der Waals surface area contributed by atoms with Crippen LogP contribution < -0.4 is 0 Å². The van der Waals surface area contributed by atoms with Gasteiger partial charge < -0.3 is 9.80 Å². The second kappa shape index (κ2) is 6.37. The summed E-state index contributed by atoms with van der Waals surface area (Å²) in [6, 6.07) is 8.03. The molecule has 110 valence electrons. The molecule has 1 fully saturated rings. The van der Waals surface area contributed by atoms with E-state index in [0.29, 0.717) is 0 Å². The lowest BCUT2D eigenvalue weighted by Gasteiger charge is -2.33. The molecule has 1 saturated heterocycles. The van der Waals surface area contributed by atoms with Gasteiger partial charge in [0.25, 0.3) is 0 Å². The predicted octanol–water partition coefficient (Wildman–Crippen LogP) is 2.47. The number of para-hydroxylation sites is 1. The van der Waals surface area contributed by atoms with Crippen molar-refractivity contribution in [3.05, 3.63) is 35.3 Å². The van der Waals surface area contributed by atoms with Crippen molar-refractivity contribution in [1.29, 1.82) is 0 Å². The van der Waals surface area contributed by atoms with Crippen molar-refractivity contribution in [2.45, 2.75) is 6.92 Å². The Morgan fingerprint density at radius 3 is 2.76 bits per heavy atom. The molecular weight excluding hydrogens is 282 g/mol. The van der Waals surface area contributed by atoms with Crippen LogP contribution in [0.15, 0.2) is 30.3 Å². The molecule has 5 heteroatoms. The Labute approximate surface area is 128 Å². The third-order valence-corrected chi connectivity index (χ3v) is 4.81. The van der Waals surface area contributed by atoms with Gasteiger partial charge in [0.05, 0.1) is 10.2 Å². The summed E-state index contributed by atoms with van der Waals surface area (Å²) in [4.78, 5) is 21.0. The fourth-order valence-electron chi connectivity index (χ4n) is 2.49. The van der Waals surface area contributed by atoms with Crippen molar-refractivity contribution < 1.29 is 4.79 Å². The molecule has 0 radical (unpaired) electrons. The summed E-state index contributed by atoms with van der Waals surface area (Å²) < 4.78 is 1.15. The Morgan fingerprint density at radius 1 is 1.29 bits per heavy atom. The lowest BCUT2D eigenvalue weighted by Crippen LogP contribution is -2.48. The number of hydrogen-bond acceptors (Lipinski definition) is 4. The minimum atomic E-state index is 0.0880. The quantitative estimate of drug-likeness (QED) is 0.817. The number of piperazine rings is 1. The molecule has 1 aromatic carbocycles. The summed E-state index contributed by atoms with van der Waals surface area (Å²) in [6.45, 7) is 6.79. The van der Waals surface area contributed by atoms with E-state index in [9.17, 15) is 4.79 Å². The average Bonchev–Trinajstić information content (AvgIpc) is 2.95. The van der Waals surface area contributed by atoms with E-state index >= 15 is 0 Å². The van der Waals surface area contributed by atoms with Crippen LogP contribution >= 0.6 is 11.3 Å². The van der Waals surface area contributed by atoms with Crippen molar-refractivity contribution in [1.82, 2.24) is 14.8 Å². The van der Waals surface area contributed by atoms with Gasteiger partial charge in [-0.2, -0.15) is 0 Å². The molecule has 0 bridgehead atoms. The summed E-state index contributed by atoms with van der Waals surface area (Å²) in [6.07, 6.45) is 3.48. The van der Waals surface area contributed by atoms with Crippen LogP contribution in [-0.4, -0.2) is 53.4 Å². The number of thiazole rings is 1. The molecule has 0 unspecified atom stereocenters. The van der Waals surface area contributed by atoms with E-state index in [0.717, 1.165) is 47.9 Å². The molecule has 0 spiro atoms. The second-order valence-corrected chi connectivity index (χ2v) is 6.17. The Morgan fingerprint density at radius 2 is 2.05 bits per heavy atom. The van der Waals surface area contributed by atoms with E-state index < -0.39 is 0 Å². The zero-order valence-electron chi connectivity index (χ0n) is 12.2. The Balaban J connectivity index is 1.64. The highest BCUT2D eigenvalue weighted by atomic mass is 32.1. The van der Waals surface area contributed by atoms with E-state index in [2.05, 4.69) is 22.9 Å². The Hall–Kier alpha value is -1.72. The van der Waals surface area contributed by atoms with Crippen LogP contribution in [0.5, 0.6) is 0 Å². The minimum absolute atomic E-state index is 0.0880. The van der Waals surface area contributed by atoms with E-state index in [1.54, 1.807) is 17.4 Å². The van der Waals surface area contributed by atoms with Crippen LogP contribution in [0.3, 0.4) is 0 Å². The molecular formula is C16H19N3OS. The lowest BCUT2D eigenvalue weighted by molar-refractivity contribution is -0.127. The van der Waals surface area contributed by atoms with Crippen LogP contribution in [-0.2, 0) is 4.79 Å². The molecule has 3 rings (SSSR count). The molecule has 2 aromatic rings. The molecule has 2 heterocycles. The zero-order chi connectivity index (χ0) is 14.7. The highest BCUT2D eigenvalue weighted by molar-refractivity contribution is 7.19. The SMILES string of the molecule is CCN1CCN(C(=O)C=Cc2nc3ccccc3s2)CC1. The van der Waals surface area contributed by atoms with Gasteiger partial charge in [0.15, 0.2) is 0 Å². The number of fused-ring (bicyclic) bond motifs is 1. The number of benzene rings is 1. The van der Waals surface area contributed by atoms with Gasteiger partial charge in [0.2, 0.25) is 5.91 Å². The van der Waals surface area contributed by atoms with Crippen LogP contribution in [0.25, 0.3) is 16.3 Å². The molecule has 0 N–H and O–H groups in total. The van der Waals surface area contributed by atoms with Crippen molar-refractivity contribution >= 4 is 33.5 Å². The maximum atomic E-state index is 12.2. The van der Waals surface area contributed by atoms with Gasteiger partial charge in [-0.05, 0) is 24.8 Å². The summed E-state index contributed by atoms with van der Waals surface area (Å²) >= 11 is 1.61. The van der Waals surface area contributed by atoms with E-state index in [4.69, 9.17) is 0 Å². The Bertz CT molecular complexity index is 623. The molecule has 4 nitrogen and oxygen atoms in total. The standard InChI is InChI=1S/C16H19N3OS/c1-2-18-9-11-19(12-10-18)16(20)8-7-15-17-13-5-3-4-6-14(13)21-15/h3-8H,2,9-12H2,1H3. The maximum absolute atomic E-state index is 12.2. The minimum Gasteiger partial charge on any atom is -0.337 e. The fourth-order valence-corrected chi connectivity index (χ4v) is 3.36. The molecule has 1 aliphatic rings. The van der Waals surface area contributed by atoms with Gasteiger partial charge in [-0.25, -0.2) is 4.98 Å². The first-order valence-corrected chi connectivity index (χ1v) is 8.13. The number of aromatic nitrogens is 1. The molecule has 0 atom stereocenters. The fraction of sp³-hybridized carbons (Fsp3) is 0.375. The van der Waals surface area contributed by atoms with Crippen LogP contribution in [0, 0.1) is 0 Å². The molecule has 1 aromatic heterocycles. The van der Waals surface area contributed by atoms with E-state index in [-0.39, 0.29) is 5.91 Å². The van der Waals surface area contributed by atoms with Gasteiger partial charge in [-0.15, -0.1) is 11.3 Å². The topological polar surface area (TPSA) is 36.4 Å². The largest absolute Gasteiger partial charge is 0.337 e. The molecule has 0 aliphatic carbocycles. The van der Waals surface area contributed by atoms with Gasteiger partial charge in [-0.3, -0.25) is 4.79 Å². The van der Waals surface area contributed by atoms with Crippen LogP contribution in [0.1, 0.15) is 11.9 Å². The van der Waals surface area contributed by atoms with Crippen molar-refractivity contribution in [3.8, 4) is 0 Å². The third kappa shape index (κ3) is 3.31. The highest BCUT2D eigenvalue weighted by Crippen LogP contribution is 2.22. The number of rotatable bonds is 3. The van der Waals surface area contributed by atoms with Crippen LogP contribution in [0.2, 0.25) is 0 Å². The second-order valence-electron chi connectivity index (χ2n) is 5.11. The number of nitrogens with zero attached hydrogens (tertiary/aromatic N) is 3. The van der Waals surface area contributed by atoms with E-state index in [1.165, 1.54) is 0 Å². The Kier molecular flexibility index (Phi) is 4.31. The van der Waals surface area contributed by atoms with Gasteiger partial charge >= 0.3 is 0 Å². The van der Waals surface area contributed by atoms with Gasteiger partial charge in [-0.1, -0.05) is 19.1 Å². The monoisotopic (exact) mass is 301 g/mol. The maximum Gasteiger partial charge on any atom is 0.246 e. The number of likely N-dealkylation sites (N-methyl/N-ethyl adjacent to an activating group) is 1. The van der Waals surface area contributed by atoms with Gasteiger partial charge in [0.1, 0.15) is 5.01 Å². The smallest absolute Gasteiger partial charge is 0.246 e. The van der Waals surface area contributed by atoms with Gasteiger partial charge in [0, 0.05) is 32.3 Å². The lowest BCUT2D eigenvalue weighted by atomic mass is 10.3. The molecule has 0 saturated carbocycles. The number of carbonyl (C=O) groups excluding carboxylic acids is 1. The van der Waals surface area contributed by atoms with E-state index in [1.807, 2.05) is 29.2 Å². The summed E-state index contributed by atoms with van der Waals surface area (Å²) in [5.41, 5.74) is 0.992. The predicted molar refractivity (Wildman–Crippen MR) is 87.3 cm³/mol. The molecule has 1 amide bonds. The summed E-state index contributed by atoms with van der Waals surface area (Å²) in [5, 5.41) is 0.886. The summed E-state index contributed by atoms with van der Waals surface area (Å²) in [5.74, 6) is 0.0880. The number of hydrogen-bond donors (Lipinski definition) is 0. The zero-order valence-corrected chi connectivity index (χ0v) is 13.0. The first kappa shape index (κ1) is 14.2. The molecule has 1 aliphatic heterocycles. The number of carbonyl (C=O) groups is 1. The molecule has 21 heavy (non-hydrogen) atoms. The van der Waals surface area contributed by atoms with Crippen LogP contribution in [0.4, 0.5) is 0 Å². The average molecular weight is 301 g/mol. The normalized spacial score (nSPS) is 16.9. The van der Waals surface area contributed by atoms with Crippen molar-refractivity contribution in [3.63, 3.8) is 0 Å².